The Labute approximate surface area is 301 Å². The molecule has 0 N–H and O–H groups in total. The maximum atomic E-state index is 14.8. The van der Waals surface area contributed by atoms with Crippen LogP contribution >= 0.6 is 7.82 Å². The lowest BCUT2D eigenvalue weighted by atomic mass is 9.95. The van der Waals surface area contributed by atoms with E-state index in [4.69, 9.17) is 36.3 Å². The molecule has 2 aliphatic heterocycles. The summed E-state index contributed by atoms with van der Waals surface area (Å²) in [5.41, 5.74) is -0.889. The lowest BCUT2D eigenvalue weighted by molar-refractivity contribution is -0.292. The largest absolute Gasteiger partial charge is 0.590 e. The summed E-state index contributed by atoms with van der Waals surface area (Å²) >= 11 is 0. The van der Waals surface area contributed by atoms with Gasteiger partial charge in [-0.3, -0.25) is 4.79 Å². The van der Waals surface area contributed by atoms with Crippen LogP contribution in [0.2, 0.25) is 28.2 Å². The molecule has 10 nitrogen and oxygen atoms in total. The first-order valence-electron chi connectivity index (χ1n) is 17.4. The number of esters is 1. The molecule has 280 valence electrons. The number of carbonyl (C=O) groups is 1. The van der Waals surface area contributed by atoms with Crippen molar-refractivity contribution in [3.05, 3.63) is 60.7 Å². The Morgan fingerprint density at radius 2 is 1.26 bits per heavy atom. The molecule has 0 amide bonds. The van der Waals surface area contributed by atoms with Crippen molar-refractivity contribution in [2.45, 2.75) is 142 Å². The van der Waals surface area contributed by atoms with Gasteiger partial charge < -0.3 is 31.8 Å². The fourth-order valence-electron chi connectivity index (χ4n) is 6.06. The van der Waals surface area contributed by atoms with E-state index in [-0.39, 0.29) is 33.2 Å². The third-order valence-electron chi connectivity index (χ3n) is 9.57. The molecular weight excluding hydrogens is 692 g/mol. The van der Waals surface area contributed by atoms with Gasteiger partial charge in [0.2, 0.25) is 6.29 Å². The van der Waals surface area contributed by atoms with Gasteiger partial charge in [-0.15, -0.1) is 0 Å². The number of phosphoric ester groups is 1. The Morgan fingerprint density at radius 1 is 0.780 bits per heavy atom. The molecule has 4 rings (SSSR count). The highest BCUT2D eigenvalue weighted by Crippen LogP contribution is 2.57. The number of hydrogen-bond acceptors (Lipinski definition) is 10. The monoisotopic (exact) mass is 750 g/mol. The van der Waals surface area contributed by atoms with Gasteiger partial charge in [-0.25, -0.2) is 9.09 Å². The van der Waals surface area contributed by atoms with E-state index in [1.807, 2.05) is 12.1 Å². The fourth-order valence-corrected chi connectivity index (χ4v) is 13.6. The van der Waals surface area contributed by atoms with Crippen molar-refractivity contribution in [1.29, 1.82) is 0 Å². The summed E-state index contributed by atoms with van der Waals surface area (Å²) in [4.78, 5) is 13.8. The highest BCUT2D eigenvalue weighted by atomic mass is 31.2. The van der Waals surface area contributed by atoms with E-state index in [1.165, 1.54) is 0 Å². The molecule has 2 fully saturated rings. The molecule has 2 aromatic rings. The molecule has 0 unspecified atom stereocenters. The van der Waals surface area contributed by atoms with Crippen LogP contribution in [-0.2, 0) is 36.6 Å². The molecule has 2 saturated heterocycles. The third kappa shape index (κ3) is 8.94. The molecule has 0 aliphatic carbocycles. The number of para-hydroxylation sites is 2. The molecule has 0 spiro atoms. The topological polar surface area (TPSA) is 108 Å². The summed E-state index contributed by atoms with van der Waals surface area (Å²) in [7, 11) is -10.2. The predicted octanol–water partition coefficient (Wildman–Crippen LogP) is 9.80. The van der Waals surface area contributed by atoms with Crippen LogP contribution in [0, 0.1) is 5.41 Å². The maximum Gasteiger partial charge on any atom is 0.590 e. The summed E-state index contributed by atoms with van der Waals surface area (Å²) in [5, 5.41) is -0.900. The van der Waals surface area contributed by atoms with Crippen LogP contribution in [0.15, 0.2) is 60.7 Å². The minimum atomic E-state index is -4.52. The summed E-state index contributed by atoms with van der Waals surface area (Å²) in [6.45, 7) is 29.0. The Bertz CT molecular complexity index is 1430. The molecule has 5 atom stereocenters. The summed E-state index contributed by atoms with van der Waals surface area (Å²) in [6, 6.07) is 17.2. The van der Waals surface area contributed by atoms with E-state index in [2.05, 4.69) is 75.4 Å². The second-order valence-electron chi connectivity index (χ2n) is 17.9. The normalized spacial score (nSPS) is 25.0. The van der Waals surface area contributed by atoms with Gasteiger partial charge in [0, 0.05) is 10.1 Å². The zero-order valence-corrected chi connectivity index (χ0v) is 35.3. The van der Waals surface area contributed by atoms with E-state index in [0.717, 1.165) is 0 Å². The number of phosphoric acid groups is 1. The Hall–Kier alpha value is -2.03. The first-order valence-corrected chi connectivity index (χ1v) is 23.6. The Balaban J connectivity index is 1.87. The van der Waals surface area contributed by atoms with Crippen LogP contribution in [0.1, 0.15) is 83.1 Å². The second-order valence-corrected chi connectivity index (χ2v) is 28.9. The summed E-state index contributed by atoms with van der Waals surface area (Å²) in [6.07, 6.45) is -4.93. The van der Waals surface area contributed by atoms with Crippen LogP contribution in [0.3, 0.4) is 0 Å². The zero-order valence-electron chi connectivity index (χ0n) is 32.4. The fraction of sp³-hybridized carbons (Fsp3) is 0.649. The van der Waals surface area contributed by atoms with E-state index in [0.29, 0.717) is 0 Å². The highest BCUT2D eigenvalue weighted by molar-refractivity contribution is 7.49. The molecule has 50 heavy (non-hydrogen) atoms. The molecule has 0 bridgehead atoms. The number of benzene rings is 2. The smallest absolute Gasteiger partial charge is 0.454 e. The quantitative estimate of drug-likeness (QED) is 0.140. The molecule has 0 saturated carbocycles. The van der Waals surface area contributed by atoms with Crippen molar-refractivity contribution < 1.29 is 45.7 Å². The van der Waals surface area contributed by atoms with Gasteiger partial charge in [-0.1, -0.05) is 98.7 Å². The average molecular weight is 751 g/mol. The van der Waals surface area contributed by atoms with Crippen LogP contribution < -0.4 is 9.05 Å². The molecule has 13 heteroatoms. The molecule has 2 aliphatic rings. The minimum absolute atomic E-state index is 0.173. The maximum absolute atomic E-state index is 14.8. The van der Waals surface area contributed by atoms with Gasteiger partial charge >= 0.3 is 22.4 Å². The number of carbonyl (C=O) groups excluding carboxylic acids is 1. The first kappa shape index (κ1) is 40.7. The van der Waals surface area contributed by atoms with Crippen molar-refractivity contribution in [2.75, 3.05) is 6.61 Å². The minimum Gasteiger partial charge on any atom is -0.454 e. The van der Waals surface area contributed by atoms with Crippen LogP contribution in [-0.4, -0.2) is 60.2 Å². The summed E-state index contributed by atoms with van der Waals surface area (Å²) in [5.74, 6) is 0.00782. The Kier molecular flexibility index (Phi) is 11.8. The van der Waals surface area contributed by atoms with Crippen molar-refractivity contribution >= 4 is 30.7 Å². The molecule has 2 heterocycles. The van der Waals surface area contributed by atoms with Gasteiger partial charge in [0.1, 0.15) is 29.8 Å². The highest BCUT2D eigenvalue weighted by Gasteiger charge is 2.66. The van der Waals surface area contributed by atoms with Crippen molar-refractivity contribution in [2.24, 2.45) is 5.41 Å². The van der Waals surface area contributed by atoms with Crippen LogP contribution in [0.4, 0.5) is 0 Å². The molecule has 0 radical (unpaired) electrons. The molecular formula is C37H59O10PSi2. The number of rotatable bonds is 9. The predicted molar refractivity (Wildman–Crippen MR) is 199 cm³/mol. The van der Waals surface area contributed by atoms with E-state index in [9.17, 15) is 9.36 Å². The lowest BCUT2D eigenvalue weighted by Gasteiger charge is -2.58. The van der Waals surface area contributed by atoms with Crippen LogP contribution in [0.5, 0.6) is 11.5 Å². The first-order chi connectivity index (χ1) is 22.8. The van der Waals surface area contributed by atoms with Crippen molar-refractivity contribution in [3.63, 3.8) is 0 Å². The van der Waals surface area contributed by atoms with Gasteiger partial charge in [0.05, 0.1) is 12.0 Å². The average Bonchev–Trinajstić information content (AvgIpc) is 2.97. The van der Waals surface area contributed by atoms with Crippen molar-refractivity contribution in [3.8, 4) is 11.5 Å². The molecule has 0 aromatic heterocycles. The standard InChI is InChI=1S/C37H59O10PSi2/c1-34(2,3)33(38)42-31-30(46-49(13,14)35(4,5)6)29-28(25-40-50(47-29,36(7,8)9)37(10,11)12)41-32(31)45-48(39,43-26-21-17-15-18-22-26)44-27-23-19-16-20-24-27/h15-24,28-32H,25H2,1-14H3/t28-,29-,30+,31+,32-/m1/s1. The summed E-state index contributed by atoms with van der Waals surface area (Å²) < 4.78 is 67.3. The number of ether oxygens (including phenoxy) is 2. The van der Waals surface area contributed by atoms with E-state index < -0.39 is 66.8 Å². The SMILES string of the molecule is CC(C)(C)C(=O)O[C@@H]1[C@@H](OP(=O)(Oc2ccccc2)Oc2ccccc2)O[C@@H]2CO[Si](C(C)(C)C)(C(C)(C)C)O[C@H]2[C@@H]1O[Si](C)(C)C(C)(C)C. The Morgan fingerprint density at radius 3 is 1.68 bits per heavy atom. The zero-order chi connectivity index (χ0) is 37.6. The van der Waals surface area contributed by atoms with Gasteiger partial charge in [0.15, 0.2) is 14.4 Å². The van der Waals surface area contributed by atoms with Crippen LogP contribution in [0.25, 0.3) is 0 Å². The van der Waals surface area contributed by atoms with E-state index in [1.54, 1.807) is 69.3 Å². The van der Waals surface area contributed by atoms with Crippen molar-refractivity contribution in [1.82, 2.24) is 0 Å². The van der Waals surface area contributed by atoms with Gasteiger partial charge in [-0.2, -0.15) is 0 Å². The third-order valence-corrected chi connectivity index (χ3v) is 20.5. The van der Waals surface area contributed by atoms with E-state index >= 15 is 0 Å². The second kappa shape index (κ2) is 14.4. The van der Waals surface area contributed by atoms with Gasteiger partial charge in [-0.05, 0) is 63.2 Å². The van der Waals surface area contributed by atoms with Gasteiger partial charge in [0.25, 0.3) is 0 Å². The number of fused-ring (bicyclic) bond motifs is 1. The lowest BCUT2D eigenvalue weighted by Crippen LogP contribution is -2.73. The number of hydrogen-bond donors (Lipinski definition) is 0. The molecule has 2 aromatic carbocycles.